The van der Waals surface area contributed by atoms with Crippen molar-refractivity contribution in [2.45, 2.75) is 25.4 Å². The summed E-state index contributed by atoms with van der Waals surface area (Å²) >= 11 is 0. The van der Waals surface area contributed by atoms with Crippen LogP contribution in [-0.4, -0.2) is 28.1 Å². The van der Waals surface area contributed by atoms with E-state index in [-0.39, 0.29) is 12.4 Å². The van der Waals surface area contributed by atoms with Crippen molar-refractivity contribution in [1.82, 2.24) is 15.0 Å². The zero-order valence-corrected chi connectivity index (χ0v) is 12.1. The summed E-state index contributed by atoms with van der Waals surface area (Å²) in [6.45, 7) is 3.18. The topological polar surface area (TPSA) is 68.2 Å². The molecule has 0 aliphatic carbocycles. The van der Waals surface area contributed by atoms with Crippen molar-refractivity contribution >= 4 is 12.4 Å². The summed E-state index contributed by atoms with van der Waals surface area (Å²) in [5.74, 6) is 1.85. The largest absolute Gasteiger partial charge is 0.338 e. The summed E-state index contributed by atoms with van der Waals surface area (Å²) < 4.78 is 5.02. The van der Waals surface area contributed by atoms with E-state index >= 15 is 0 Å². The fourth-order valence-electron chi connectivity index (χ4n) is 2.61. The van der Waals surface area contributed by atoms with Crippen LogP contribution in [0.15, 0.2) is 34.9 Å². The molecule has 108 valence electrons. The Kier molecular flexibility index (Phi) is 5.11. The highest BCUT2D eigenvalue weighted by molar-refractivity contribution is 5.85. The molecule has 0 spiro atoms. The lowest BCUT2D eigenvalue weighted by Crippen LogP contribution is -2.20. The average Bonchev–Trinajstić information content (AvgIpc) is 3.09. The quantitative estimate of drug-likeness (QED) is 0.933. The summed E-state index contributed by atoms with van der Waals surface area (Å²) in [7, 11) is 0. The van der Waals surface area contributed by atoms with E-state index in [0.29, 0.717) is 18.4 Å². The number of nitrogens with zero attached hydrogens (tertiary/aromatic N) is 3. The van der Waals surface area contributed by atoms with Gasteiger partial charge in [-0.3, -0.25) is 4.90 Å². The lowest BCUT2D eigenvalue weighted by Gasteiger charge is -2.13. The van der Waals surface area contributed by atoms with Crippen LogP contribution in [0.3, 0.4) is 0 Å². The molecule has 20 heavy (non-hydrogen) atoms. The Morgan fingerprint density at radius 3 is 2.80 bits per heavy atom. The van der Waals surface area contributed by atoms with E-state index in [0.717, 1.165) is 25.5 Å². The van der Waals surface area contributed by atoms with Crippen LogP contribution in [-0.2, 0) is 13.1 Å². The van der Waals surface area contributed by atoms with Crippen molar-refractivity contribution in [3.8, 4) is 0 Å². The lowest BCUT2D eigenvalue weighted by atomic mass is 9.99. The number of aromatic nitrogens is 2. The van der Waals surface area contributed by atoms with E-state index in [1.165, 1.54) is 12.0 Å². The highest BCUT2D eigenvalue weighted by atomic mass is 35.5. The Morgan fingerprint density at radius 2 is 2.10 bits per heavy atom. The third-order valence-electron chi connectivity index (χ3n) is 3.59. The minimum Gasteiger partial charge on any atom is -0.338 e. The zero-order chi connectivity index (χ0) is 13.1. The molecular formula is C14H19ClN4O. The Morgan fingerprint density at radius 1 is 1.30 bits per heavy atom. The molecule has 0 radical (unpaired) electrons. The highest BCUT2D eigenvalue weighted by Crippen LogP contribution is 2.27. The molecule has 1 saturated heterocycles. The van der Waals surface area contributed by atoms with E-state index < -0.39 is 0 Å². The molecule has 0 saturated carbocycles. The van der Waals surface area contributed by atoms with Crippen LogP contribution in [0.1, 0.15) is 29.6 Å². The molecule has 0 bridgehead atoms. The number of rotatable bonds is 4. The SMILES string of the molecule is Cl.NCc1nc(CN2CCC(c3ccccc3)C2)no1. The number of benzene rings is 1. The second kappa shape index (κ2) is 6.83. The highest BCUT2D eigenvalue weighted by Gasteiger charge is 2.24. The first kappa shape index (κ1) is 15.0. The summed E-state index contributed by atoms with van der Waals surface area (Å²) in [6.07, 6.45) is 1.19. The van der Waals surface area contributed by atoms with E-state index in [2.05, 4.69) is 45.4 Å². The second-order valence-corrected chi connectivity index (χ2v) is 4.94. The van der Waals surface area contributed by atoms with Crippen molar-refractivity contribution in [2.24, 2.45) is 5.73 Å². The maximum Gasteiger partial charge on any atom is 0.240 e. The minimum absolute atomic E-state index is 0. The van der Waals surface area contributed by atoms with Gasteiger partial charge in [0.2, 0.25) is 5.89 Å². The molecule has 1 aromatic heterocycles. The van der Waals surface area contributed by atoms with Gasteiger partial charge in [-0.2, -0.15) is 4.98 Å². The maximum absolute atomic E-state index is 5.46. The number of likely N-dealkylation sites (tertiary alicyclic amines) is 1. The first-order valence-electron chi connectivity index (χ1n) is 6.64. The van der Waals surface area contributed by atoms with Gasteiger partial charge in [-0.1, -0.05) is 35.5 Å². The number of halogens is 1. The van der Waals surface area contributed by atoms with Crippen molar-refractivity contribution in [2.75, 3.05) is 13.1 Å². The molecule has 2 N–H and O–H groups in total. The first-order chi connectivity index (χ1) is 9.35. The van der Waals surface area contributed by atoms with E-state index in [9.17, 15) is 0 Å². The summed E-state index contributed by atoms with van der Waals surface area (Å²) in [5.41, 5.74) is 6.88. The molecule has 5 nitrogen and oxygen atoms in total. The van der Waals surface area contributed by atoms with Gasteiger partial charge >= 0.3 is 0 Å². The monoisotopic (exact) mass is 294 g/mol. The Labute approximate surface area is 124 Å². The van der Waals surface area contributed by atoms with Crippen molar-refractivity contribution in [3.63, 3.8) is 0 Å². The second-order valence-electron chi connectivity index (χ2n) is 4.94. The molecule has 1 aliphatic heterocycles. The third-order valence-corrected chi connectivity index (χ3v) is 3.59. The molecule has 1 atom stereocenters. The molecule has 2 heterocycles. The van der Waals surface area contributed by atoms with E-state index in [1.807, 2.05) is 0 Å². The van der Waals surface area contributed by atoms with E-state index in [4.69, 9.17) is 10.3 Å². The Hall–Kier alpha value is -1.43. The molecule has 2 aromatic rings. The molecule has 1 aromatic carbocycles. The van der Waals surface area contributed by atoms with Gasteiger partial charge in [0, 0.05) is 6.54 Å². The van der Waals surface area contributed by atoms with Gasteiger partial charge in [0.15, 0.2) is 5.82 Å². The van der Waals surface area contributed by atoms with Gasteiger partial charge in [0.1, 0.15) is 0 Å². The molecule has 0 amide bonds. The van der Waals surface area contributed by atoms with Gasteiger partial charge in [0.05, 0.1) is 13.1 Å². The van der Waals surface area contributed by atoms with Crippen LogP contribution in [0.25, 0.3) is 0 Å². The van der Waals surface area contributed by atoms with Crippen molar-refractivity contribution < 1.29 is 4.52 Å². The number of hydrogen-bond donors (Lipinski definition) is 1. The maximum atomic E-state index is 5.46. The van der Waals surface area contributed by atoms with Gasteiger partial charge in [-0.15, -0.1) is 12.4 Å². The van der Waals surface area contributed by atoms with Crippen molar-refractivity contribution in [1.29, 1.82) is 0 Å². The predicted molar refractivity (Wildman–Crippen MR) is 78.5 cm³/mol. The van der Waals surface area contributed by atoms with E-state index in [1.54, 1.807) is 0 Å². The number of hydrogen-bond acceptors (Lipinski definition) is 5. The minimum atomic E-state index is 0. The summed E-state index contributed by atoms with van der Waals surface area (Å²) in [5, 5.41) is 3.94. The smallest absolute Gasteiger partial charge is 0.240 e. The van der Waals surface area contributed by atoms with Crippen LogP contribution >= 0.6 is 12.4 Å². The van der Waals surface area contributed by atoms with Gasteiger partial charge in [0.25, 0.3) is 0 Å². The van der Waals surface area contributed by atoms with Crippen LogP contribution in [0.4, 0.5) is 0 Å². The first-order valence-corrected chi connectivity index (χ1v) is 6.64. The predicted octanol–water partition coefficient (Wildman–Crippen LogP) is 1.94. The standard InChI is InChI=1S/C14H18N4O.ClH/c15-8-14-16-13(17-19-14)10-18-7-6-12(9-18)11-4-2-1-3-5-11;/h1-5,12H,6-10,15H2;1H. The zero-order valence-electron chi connectivity index (χ0n) is 11.2. The molecule has 6 heteroatoms. The van der Waals surface area contributed by atoms with Crippen LogP contribution < -0.4 is 5.73 Å². The molecule has 1 unspecified atom stereocenters. The summed E-state index contributed by atoms with van der Waals surface area (Å²) in [4.78, 5) is 6.61. The summed E-state index contributed by atoms with van der Waals surface area (Å²) in [6, 6.07) is 10.7. The van der Waals surface area contributed by atoms with Crippen LogP contribution in [0, 0.1) is 0 Å². The molecular weight excluding hydrogens is 276 g/mol. The number of nitrogens with two attached hydrogens (primary N) is 1. The fourth-order valence-corrected chi connectivity index (χ4v) is 2.61. The average molecular weight is 295 g/mol. The van der Waals surface area contributed by atoms with Crippen LogP contribution in [0.2, 0.25) is 0 Å². The van der Waals surface area contributed by atoms with Crippen LogP contribution in [0.5, 0.6) is 0 Å². The normalized spacial score (nSPS) is 18.9. The lowest BCUT2D eigenvalue weighted by molar-refractivity contribution is 0.306. The Balaban J connectivity index is 0.00000147. The van der Waals surface area contributed by atoms with Gasteiger partial charge < -0.3 is 10.3 Å². The van der Waals surface area contributed by atoms with Gasteiger partial charge in [-0.25, -0.2) is 0 Å². The third kappa shape index (κ3) is 3.36. The Bertz CT molecular complexity index is 531. The molecule has 1 fully saturated rings. The van der Waals surface area contributed by atoms with Gasteiger partial charge in [-0.05, 0) is 24.4 Å². The molecule has 1 aliphatic rings. The molecule has 3 rings (SSSR count). The fraction of sp³-hybridized carbons (Fsp3) is 0.429. The van der Waals surface area contributed by atoms with Crippen molar-refractivity contribution in [3.05, 3.63) is 47.6 Å².